The molecule has 1 heterocycles. The SMILES string of the molecule is CCc1ccc(-c2nc(CC)c(CBr)s2)cc1. The van der Waals surface area contributed by atoms with Gasteiger partial charge in [0.05, 0.1) is 5.69 Å². The minimum Gasteiger partial charge on any atom is -0.241 e. The van der Waals surface area contributed by atoms with Gasteiger partial charge in [-0.3, -0.25) is 0 Å². The lowest BCUT2D eigenvalue weighted by Crippen LogP contribution is -1.85. The predicted octanol–water partition coefficient (Wildman–Crippen LogP) is 4.83. The van der Waals surface area contributed by atoms with E-state index in [1.54, 1.807) is 11.3 Å². The first kappa shape index (κ1) is 12.8. The Morgan fingerprint density at radius 3 is 2.29 bits per heavy atom. The predicted molar refractivity (Wildman–Crippen MR) is 78.9 cm³/mol. The van der Waals surface area contributed by atoms with Crippen LogP contribution in [0.5, 0.6) is 0 Å². The zero-order valence-corrected chi connectivity index (χ0v) is 12.6. The number of aryl methyl sites for hydroxylation is 2. The second-order valence-electron chi connectivity index (χ2n) is 3.93. The molecule has 0 aliphatic rings. The van der Waals surface area contributed by atoms with Crippen LogP contribution in [-0.4, -0.2) is 4.98 Å². The van der Waals surface area contributed by atoms with Crippen LogP contribution in [0.2, 0.25) is 0 Å². The van der Waals surface area contributed by atoms with Gasteiger partial charge in [0.25, 0.3) is 0 Å². The normalized spacial score (nSPS) is 10.8. The maximum absolute atomic E-state index is 4.71. The van der Waals surface area contributed by atoms with Gasteiger partial charge in [0, 0.05) is 15.8 Å². The Kier molecular flexibility index (Phi) is 4.35. The minimum absolute atomic E-state index is 0.904. The fraction of sp³-hybridized carbons (Fsp3) is 0.357. The van der Waals surface area contributed by atoms with Gasteiger partial charge in [-0.15, -0.1) is 11.3 Å². The molecule has 0 spiro atoms. The fourth-order valence-corrected chi connectivity index (χ4v) is 3.44. The van der Waals surface area contributed by atoms with Crippen LogP contribution in [0.1, 0.15) is 30.0 Å². The summed E-state index contributed by atoms with van der Waals surface area (Å²) in [6, 6.07) is 8.73. The summed E-state index contributed by atoms with van der Waals surface area (Å²) in [7, 11) is 0. The van der Waals surface area contributed by atoms with E-state index in [0.717, 1.165) is 23.2 Å². The zero-order valence-electron chi connectivity index (χ0n) is 10.2. The number of alkyl halides is 1. The number of nitrogens with zero attached hydrogens (tertiary/aromatic N) is 1. The van der Waals surface area contributed by atoms with E-state index in [1.807, 2.05) is 0 Å². The van der Waals surface area contributed by atoms with Gasteiger partial charge in [0.15, 0.2) is 0 Å². The Morgan fingerprint density at radius 1 is 1.12 bits per heavy atom. The quantitative estimate of drug-likeness (QED) is 0.737. The van der Waals surface area contributed by atoms with Gasteiger partial charge in [-0.25, -0.2) is 4.98 Å². The summed E-state index contributed by atoms with van der Waals surface area (Å²) in [6.45, 7) is 4.34. The van der Waals surface area contributed by atoms with Crippen molar-refractivity contribution in [1.29, 1.82) is 0 Å². The number of thiazole rings is 1. The molecule has 0 saturated heterocycles. The number of benzene rings is 1. The van der Waals surface area contributed by atoms with Crippen LogP contribution in [0.3, 0.4) is 0 Å². The van der Waals surface area contributed by atoms with Crippen molar-refractivity contribution in [1.82, 2.24) is 4.98 Å². The van der Waals surface area contributed by atoms with E-state index in [4.69, 9.17) is 4.98 Å². The first-order chi connectivity index (χ1) is 8.28. The summed E-state index contributed by atoms with van der Waals surface area (Å²) in [5, 5.41) is 2.04. The molecule has 0 bridgehead atoms. The lowest BCUT2D eigenvalue weighted by molar-refractivity contribution is 1.04. The first-order valence-electron chi connectivity index (χ1n) is 5.92. The van der Waals surface area contributed by atoms with E-state index in [1.165, 1.54) is 21.7 Å². The highest BCUT2D eigenvalue weighted by atomic mass is 79.9. The standard InChI is InChI=1S/C14H16BrNS/c1-3-10-5-7-11(8-6-10)14-16-12(4-2)13(9-15)17-14/h5-8H,3-4,9H2,1-2H3. The van der Waals surface area contributed by atoms with Crippen LogP contribution in [0.15, 0.2) is 24.3 Å². The van der Waals surface area contributed by atoms with Gasteiger partial charge in [0.2, 0.25) is 0 Å². The average molecular weight is 310 g/mol. The summed E-state index contributed by atoms with van der Waals surface area (Å²) in [5.41, 5.74) is 3.83. The largest absolute Gasteiger partial charge is 0.241 e. The molecule has 90 valence electrons. The molecule has 1 nitrogen and oxygen atoms in total. The highest BCUT2D eigenvalue weighted by molar-refractivity contribution is 9.08. The Hall–Kier alpha value is -0.670. The van der Waals surface area contributed by atoms with E-state index >= 15 is 0 Å². The number of hydrogen-bond donors (Lipinski definition) is 0. The van der Waals surface area contributed by atoms with E-state index in [2.05, 4.69) is 54.0 Å². The number of hydrogen-bond acceptors (Lipinski definition) is 2. The highest BCUT2D eigenvalue weighted by Gasteiger charge is 2.09. The lowest BCUT2D eigenvalue weighted by Gasteiger charge is -1.98. The summed E-state index contributed by atoms with van der Waals surface area (Å²) >= 11 is 5.32. The third-order valence-electron chi connectivity index (χ3n) is 2.84. The van der Waals surface area contributed by atoms with E-state index in [9.17, 15) is 0 Å². The second-order valence-corrected chi connectivity index (χ2v) is 5.57. The van der Waals surface area contributed by atoms with Gasteiger partial charge in [-0.2, -0.15) is 0 Å². The molecule has 0 aliphatic carbocycles. The Balaban J connectivity index is 2.35. The molecule has 0 atom stereocenters. The molecule has 17 heavy (non-hydrogen) atoms. The van der Waals surface area contributed by atoms with Crippen molar-refractivity contribution in [3.63, 3.8) is 0 Å². The minimum atomic E-state index is 0.904. The maximum atomic E-state index is 4.71. The molecule has 2 aromatic rings. The van der Waals surface area contributed by atoms with Gasteiger partial charge < -0.3 is 0 Å². The molecule has 1 aromatic heterocycles. The third kappa shape index (κ3) is 2.78. The van der Waals surface area contributed by atoms with Crippen molar-refractivity contribution in [3.8, 4) is 10.6 Å². The van der Waals surface area contributed by atoms with Gasteiger partial charge in [-0.1, -0.05) is 54.0 Å². The third-order valence-corrected chi connectivity index (χ3v) is 4.92. The van der Waals surface area contributed by atoms with Crippen molar-refractivity contribution in [2.24, 2.45) is 0 Å². The second kappa shape index (κ2) is 5.78. The van der Waals surface area contributed by atoms with Gasteiger partial charge >= 0.3 is 0 Å². The molecular weight excluding hydrogens is 294 g/mol. The van der Waals surface area contributed by atoms with Crippen LogP contribution in [0.4, 0.5) is 0 Å². The number of rotatable bonds is 4. The topological polar surface area (TPSA) is 12.9 Å². The fourth-order valence-electron chi connectivity index (χ4n) is 1.77. The molecule has 2 rings (SSSR count). The Bertz CT molecular complexity index is 466. The molecule has 0 N–H and O–H groups in total. The Labute approximate surface area is 115 Å². The molecule has 1 aromatic carbocycles. The van der Waals surface area contributed by atoms with Gasteiger partial charge in [-0.05, 0) is 18.4 Å². The van der Waals surface area contributed by atoms with Crippen molar-refractivity contribution in [3.05, 3.63) is 40.4 Å². The molecule has 0 saturated carbocycles. The van der Waals surface area contributed by atoms with Crippen LogP contribution in [0, 0.1) is 0 Å². The molecular formula is C14H16BrNS. The average Bonchev–Trinajstić information content (AvgIpc) is 2.82. The number of aromatic nitrogens is 1. The molecule has 0 aliphatic heterocycles. The van der Waals surface area contributed by atoms with Crippen LogP contribution in [0.25, 0.3) is 10.6 Å². The van der Waals surface area contributed by atoms with Crippen molar-refractivity contribution < 1.29 is 0 Å². The first-order valence-corrected chi connectivity index (χ1v) is 7.86. The molecule has 3 heteroatoms. The maximum Gasteiger partial charge on any atom is 0.123 e. The zero-order chi connectivity index (χ0) is 12.3. The molecule has 0 fully saturated rings. The summed E-state index contributed by atoms with van der Waals surface area (Å²) in [4.78, 5) is 6.06. The van der Waals surface area contributed by atoms with Crippen LogP contribution in [-0.2, 0) is 18.2 Å². The molecule has 0 unspecified atom stereocenters. The van der Waals surface area contributed by atoms with Crippen molar-refractivity contribution >= 4 is 27.3 Å². The number of halogens is 1. The van der Waals surface area contributed by atoms with E-state index in [0.29, 0.717) is 0 Å². The smallest absolute Gasteiger partial charge is 0.123 e. The van der Waals surface area contributed by atoms with Crippen LogP contribution < -0.4 is 0 Å². The van der Waals surface area contributed by atoms with E-state index < -0.39 is 0 Å². The van der Waals surface area contributed by atoms with Crippen LogP contribution >= 0.6 is 27.3 Å². The summed E-state index contributed by atoms with van der Waals surface area (Å²) < 4.78 is 0. The molecule has 0 amide bonds. The summed E-state index contributed by atoms with van der Waals surface area (Å²) in [5.74, 6) is 0. The summed E-state index contributed by atoms with van der Waals surface area (Å²) in [6.07, 6.45) is 2.09. The Morgan fingerprint density at radius 2 is 1.82 bits per heavy atom. The highest BCUT2D eigenvalue weighted by Crippen LogP contribution is 2.30. The lowest BCUT2D eigenvalue weighted by atomic mass is 10.1. The van der Waals surface area contributed by atoms with Crippen molar-refractivity contribution in [2.45, 2.75) is 32.0 Å². The molecule has 0 radical (unpaired) electrons. The van der Waals surface area contributed by atoms with E-state index in [-0.39, 0.29) is 0 Å². The monoisotopic (exact) mass is 309 g/mol. The van der Waals surface area contributed by atoms with Gasteiger partial charge in [0.1, 0.15) is 5.01 Å². The van der Waals surface area contributed by atoms with Crippen molar-refractivity contribution in [2.75, 3.05) is 0 Å².